The van der Waals surface area contributed by atoms with Gasteiger partial charge in [-0.05, 0) is 0 Å². The molecular formula is C2H6BF2NO7. The largest absolute Gasteiger partial charge is 0.631 e. The van der Waals surface area contributed by atoms with Crippen LogP contribution < -0.4 is 6.15 Å². The summed E-state index contributed by atoms with van der Waals surface area (Å²) in [4.78, 5) is 23.4. The molecule has 0 aromatic rings. The summed E-state index contributed by atoms with van der Waals surface area (Å²) >= 11 is 0. The zero-order chi connectivity index (χ0) is 10.1. The van der Waals surface area contributed by atoms with Crippen LogP contribution in [0.5, 0.6) is 0 Å². The molecule has 0 aliphatic rings. The molecule has 0 aromatic heterocycles. The number of rotatable bonds is 0. The molecule has 0 spiro atoms. The Morgan fingerprint density at radius 2 is 1.15 bits per heavy atom. The Balaban J connectivity index is -0.000000173. The molecule has 0 aliphatic heterocycles. The lowest BCUT2D eigenvalue weighted by Crippen LogP contribution is -2.13. The second kappa shape index (κ2) is 10.7. The van der Waals surface area contributed by atoms with Crippen molar-refractivity contribution in [1.82, 2.24) is 6.15 Å². The maximum atomic E-state index is 10.5. The van der Waals surface area contributed by atoms with Gasteiger partial charge in [0, 0.05) is 9.05 Å². The van der Waals surface area contributed by atoms with Crippen LogP contribution in [0.2, 0.25) is 0 Å². The van der Waals surface area contributed by atoms with Gasteiger partial charge in [-0.15, -0.1) is 0 Å². The van der Waals surface area contributed by atoms with E-state index in [1.165, 1.54) is 0 Å². The van der Waals surface area contributed by atoms with E-state index in [0.29, 0.717) is 0 Å². The fourth-order valence-corrected chi connectivity index (χ4v) is 0.0630. The lowest BCUT2D eigenvalue weighted by atomic mass is 10.3. The van der Waals surface area contributed by atoms with Gasteiger partial charge in [-0.25, -0.2) is 19.5 Å². The number of carbonyl (C=O) groups is 2. The Kier molecular flexibility index (Phi) is 14.6. The van der Waals surface area contributed by atoms with Crippen LogP contribution in [0.4, 0.5) is 9.05 Å². The Morgan fingerprint density at radius 1 is 1.00 bits per heavy atom. The third kappa shape index (κ3) is 18.0. The Bertz CT molecular complexity index is 137. The van der Waals surface area contributed by atoms with Gasteiger partial charge in [-0.1, -0.05) is 0 Å². The zero-order valence-corrected chi connectivity index (χ0v) is 6.02. The first-order valence-corrected chi connectivity index (χ1v) is 2.15. The van der Waals surface area contributed by atoms with Gasteiger partial charge in [0.05, 0.1) is 0 Å². The van der Waals surface area contributed by atoms with Crippen molar-refractivity contribution in [2.45, 2.75) is 0 Å². The summed E-state index contributed by atoms with van der Waals surface area (Å²) in [5, 5.41) is 21.5. The molecule has 6 N–H and O–H groups in total. The highest BCUT2D eigenvalue weighted by atomic mass is 19.3. The number of carbonyl (C=O) groups excluding carboxylic acids is 2. The first-order valence-electron chi connectivity index (χ1n) is 2.15. The minimum Gasteiger partial charge on any atom is -0.402 e. The molecule has 0 rings (SSSR count). The number of hydrogen-bond donors (Lipinski definition) is 4. The maximum Gasteiger partial charge on any atom is 0.631 e. The predicted octanol–water partition coefficient (Wildman–Crippen LogP) is -2.05. The first-order chi connectivity index (χ1) is 5.45. The second-order valence-corrected chi connectivity index (χ2v) is 1.08. The van der Waals surface area contributed by atoms with Crippen LogP contribution in [0.3, 0.4) is 0 Å². The summed E-state index contributed by atoms with van der Waals surface area (Å²) in [6.45, 7) is 0. The van der Waals surface area contributed by atoms with Gasteiger partial charge in [0.25, 0.3) is 0 Å². The molecule has 0 saturated heterocycles. The molecule has 0 fully saturated rings. The summed E-state index contributed by atoms with van der Waals surface area (Å²) < 4.78 is 21.0. The molecule has 0 aliphatic carbocycles. The molecule has 11 heteroatoms. The van der Waals surface area contributed by atoms with E-state index in [2.05, 4.69) is 9.88 Å². The lowest BCUT2D eigenvalue weighted by molar-refractivity contribution is -0.212. The van der Waals surface area contributed by atoms with Gasteiger partial charge >= 0.3 is 19.3 Å². The Hall–Kier alpha value is -1.30. The summed E-state index contributed by atoms with van der Waals surface area (Å²) in [5.41, 5.74) is 0. The molecule has 0 unspecified atom stereocenters. The molecule has 0 aromatic carbocycles. The SMILES string of the molecule is N.O=C(OF)C(=O)OF.OB(O)O. The first kappa shape index (κ1) is 17.7. The number of halogens is 2. The van der Waals surface area contributed by atoms with Gasteiger partial charge in [0.1, 0.15) is 0 Å². The normalized spacial score (nSPS) is 6.85. The van der Waals surface area contributed by atoms with Crippen molar-refractivity contribution >= 4 is 19.3 Å². The molecule has 8 nitrogen and oxygen atoms in total. The standard InChI is InChI=1S/C2F2O4.BH3O3.H3N/c3-7-1(5)2(6)8-4;2-1(3)4;/h;2-4H;1H3. The minimum absolute atomic E-state index is 0. The molecule has 13 heavy (non-hydrogen) atoms. The fourth-order valence-electron chi connectivity index (χ4n) is 0.0630. The summed E-state index contributed by atoms with van der Waals surface area (Å²) in [6.07, 6.45) is 0. The molecule has 0 saturated carbocycles. The van der Waals surface area contributed by atoms with Crippen LogP contribution in [-0.2, 0) is 19.5 Å². The van der Waals surface area contributed by atoms with Crippen LogP contribution in [0, 0.1) is 0 Å². The molecule has 0 heterocycles. The van der Waals surface area contributed by atoms with Crippen molar-refractivity contribution < 1.29 is 43.6 Å². The van der Waals surface area contributed by atoms with E-state index in [1.54, 1.807) is 0 Å². The van der Waals surface area contributed by atoms with E-state index >= 15 is 0 Å². The lowest BCUT2D eigenvalue weighted by Gasteiger charge is -1.82. The highest BCUT2D eigenvalue weighted by Gasteiger charge is 2.18. The van der Waals surface area contributed by atoms with Gasteiger partial charge in [-0.2, -0.15) is 0 Å². The van der Waals surface area contributed by atoms with Crippen LogP contribution in [0.15, 0.2) is 0 Å². The maximum absolute atomic E-state index is 10.5. The Labute approximate surface area is 70.2 Å². The van der Waals surface area contributed by atoms with Crippen LogP contribution in [0.1, 0.15) is 0 Å². The summed E-state index contributed by atoms with van der Waals surface area (Å²) in [6, 6.07) is 0. The number of hydrogen-bond acceptors (Lipinski definition) is 8. The van der Waals surface area contributed by atoms with Crippen molar-refractivity contribution in [1.29, 1.82) is 0 Å². The average molecular weight is 205 g/mol. The predicted molar refractivity (Wildman–Crippen MR) is 31.8 cm³/mol. The van der Waals surface area contributed by atoms with E-state index in [0.717, 1.165) is 0 Å². The topological polar surface area (TPSA) is 148 Å². The van der Waals surface area contributed by atoms with E-state index in [4.69, 9.17) is 15.1 Å². The zero-order valence-electron chi connectivity index (χ0n) is 6.02. The third-order valence-electron chi connectivity index (χ3n) is 0.307. The Morgan fingerprint density at radius 3 is 1.23 bits per heavy atom. The van der Waals surface area contributed by atoms with Crippen molar-refractivity contribution in [3.63, 3.8) is 0 Å². The highest BCUT2D eigenvalue weighted by Crippen LogP contribution is 1.83. The second-order valence-electron chi connectivity index (χ2n) is 1.08. The fraction of sp³-hybridized carbons (Fsp3) is 0. The van der Waals surface area contributed by atoms with E-state index in [-0.39, 0.29) is 6.15 Å². The average Bonchev–Trinajstić information content (AvgIpc) is 2.00. The molecule has 0 amide bonds. The smallest absolute Gasteiger partial charge is 0.402 e. The molecule has 0 radical (unpaired) electrons. The highest BCUT2D eigenvalue weighted by molar-refractivity contribution is 6.30. The van der Waals surface area contributed by atoms with Crippen molar-refractivity contribution in [3.05, 3.63) is 0 Å². The third-order valence-corrected chi connectivity index (χ3v) is 0.307. The molecular weight excluding hydrogens is 199 g/mol. The van der Waals surface area contributed by atoms with Crippen molar-refractivity contribution in [2.24, 2.45) is 0 Å². The van der Waals surface area contributed by atoms with Crippen molar-refractivity contribution in [3.8, 4) is 0 Å². The van der Waals surface area contributed by atoms with Gasteiger partial charge < -0.3 is 21.2 Å². The molecule has 0 bridgehead atoms. The molecule has 78 valence electrons. The van der Waals surface area contributed by atoms with Gasteiger partial charge in [-0.3, -0.25) is 0 Å². The quantitative estimate of drug-likeness (QED) is 0.260. The van der Waals surface area contributed by atoms with Crippen LogP contribution in [0.25, 0.3) is 0 Å². The minimum atomic E-state index is -2.17. The monoisotopic (exact) mass is 205 g/mol. The van der Waals surface area contributed by atoms with Crippen LogP contribution >= 0.6 is 0 Å². The van der Waals surface area contributed by atoms with Crippen molar-refractivity contribution in [2.75, 3.05) is 0 Å². The van der Waals surface area contributed by atoms with Crippen LogP contribution in [-0.4, -0.2) is 34.3 Å². The summed E-state index contributed by atoms with van der Waals surface area (Å²) in [7, 11) is -2.17. The van der Waals surface area contributed by atoms with Gasteiger partial charge in [0.2, 0.25) is 0 Å². The van der Waals surface area contributed by atoms with E-state index < -0.39 is 19.3 Å². The molecule has 0 atom stereocenters. The van der Waals surface area contributed by atoms with E-state index in [1.807, 2.05) is 0 Å². The van der Waals surface area contributed by atoms with Gasteiger partial charge in [0.15, 0.2) is 0 Å². The van der Waals surface area contributed by atoms with E-state index in [9.17, 15) is 18.6 Å². The summed E-state index contributed by atoms with van der Waals surface area (Å²) in [5.74, 6) is -4.04.